The van der Waals surface area contributed by atoms with Crippen molar-refractivity contribution >= 4 is 11.7 Å². The van der Waals surface area contributed by atoms with E-state index in [0.29, 0.717) is 12.8 Å². The van der Waals surface area contributed by atoms with E-state index in [-0.39, 0.29) is 17.7 Å². The topological polar surface area (TPSA) is 37.4 Å². The van der Waals surface area contributed by atoms with Crippen molar-refractivity contribution in [1.82, 2.24) is 4.90 Å². The van der Waals surface area contributed by atoms with Gasteiger partial charge in [0.1, 0.15) is 0 Å². The molecule has 0 saturated carbocycles. The third-order valence-electron chi connectivity index (χ3n) is 2.60. The second-order valence-electron chi connectivity index (χ2n) is 3.42. The van der Waals surface area contributed by atoms with Crippen LogP contribution in [-0.4, -0.2) is 29.2 Å². The standard InChI is InChI=1S/C10H17NO2/c1-3-9(12)8-6-5-7-11(8)10(13)4-2/h8H,3-7H2,1-2H3. The van der Waals surface area contributed by atoms with Gasteiger partial charge in [-0.2, -0.15) is 0 Å². The number of carbonyl (C=O) groups is 2. The first-order chi connectivity index (χ1) is 6.20. The van der Waals surface area contributed by atoms with Gasteiger partial charge in [-0.15, -0.1) is 0 Å². The molecule has 1 fully saturated rings. The lowest BCUT2D eigenvalue weighted by molar-refractivity contribution is -0.137. The normalized spacial score (nSPS) is 22.0. The first-order valence-corrected chi connectivity index (χ1v) is 5.02. The molecule has 0 aromatic carbocycles. The van der Waals surface area contributed by atoms with Gasteiger partial charge in [0.05, 0.1) is 6.04 Å². The minimum atomic E-state index is -0.113. The van der Waals surface area contributed by atoms with Crippen LogP contribution >= 0.6 is 0 Å². The minimum absolute atomic E-state index is 0.113. The Bertz CT molecular complexity index is 191. The average Bonchev–Trinajstić information content (AvgIpc) is 2.63. The van der Waals surface area contributed by atoms with E-state index in [1.54, 1.807) is 4.90 Å². The number of hydrogen-bond donors (Lipinski definition) is 0. The van der Waals surface area contributed by atoms with Gasteiger partial charge in [-0.3, -0.25) is 9.59 Å². The summed E-state index contributed by atoms with van der Waals surface area (Å²) in [6.45, 7) is 4.46. The van der Waals surface area contributed by atoms with Crippen molar-refractivity contribution in [3.05, 3.63) is 0 Å². The quantitative estimate of drug-likeness (QED) is 0.662. The van der Waals surface area contributed by atoms with Crippen LogP contribution in [0, 0.1) is 0 Å². The summed E-state index contributed by atoms with van der Waals surface area (Å²) in [7, 11) is 0. The molecule has 0 N–H and O–H groups in total. The summed E-state index contributed by atoms with van der Waals surface area (Å²) in [5.41, 5.74) is 0. The Morgan fingerprint density at radius 2 is 2.00 bits per heavy atom. The number of likely N-dealkylation sites (tertiary alicyclic amines) is 1. The van der Waals surface area contributed by atoms with Crippen LogP contribution in [0.25, 0.3) is 0 Å². The van der Waals surface area contributed by atoms with Gasteiger partial charge in [0.15, 0.2) is 5.78 Å². The molecule has 0 aliphatic carbocycles. The van der Waals surface area contributed by atoms with E-state index >= 15 is 0 Å². The van der Waals surface area contributed by atoms with E-state index in [1.165, 1.54) is 0 Å². The summed E-state index contributed by atoms with van der Waals surface area (Å²) in [4.78, 5) is 24.6. The Labute approximate surface area is 79.1 Å². The van der Waals surface area contributed by atoms with Gasteiger partial charge < -0.3 is 4.90 Å². The predicted octanol–water partition coefficient (Wildman–Crippen LogP) is 1.37. The molecule has 0 bridgehead atoms. The Balaban J connectivity index is 2.63. The van der Waals surface area contributed by atoms with Crippen LogP contribution in [0.15, 0.2) is 0 Å². The highest BCUT2D eigenvalue weighted by atomic mass is 16.2. The summed E-state index contributed by atoms with van der Waals surface area (Å²) in [6.07, 6.45) is 2.88. The van der Waals surface area contributed by atoms with Gasteiger partial charge in [0, 0.05) is 19.4 Å². The molecule has 0 spiro atoms. The minimum Gasteiger partial charge on any atom is -0.333 e. The lowest BCUT2D eigenvalue weighted by Crippen LogP contribution is -2.39. The SMILES string of the molecule is CCC(=O)C1CCCN1C(=O)CC. The van der Waals surface area contributed by atoms with Gasteiger partial charge in [-0.1, -0.05) is 13.8 Å². The maximum atomic E-state index is 11.5. The molecule has 1 aliphatic rings. The summed E-state index contributed by atoms with van der Waals surface area (Å²) in [6, 6.07) is -0.113. The molecule has 1 amide bonds. The van der Waals surface area contributed by atoms with Crippen LogP contribution < -0.4 is 0 Å². The predicted molar refractivity (Wildman–Crippen MR) is 50.3 cm³/mol. The van der Waals surface area contributed by atoms with Gasteiger partial charge in [-0.05, 0) is 12.8 Å². The molecular formula is C10H17NO2. The summed E-state index contributed by atoms with van der Waals surface area (Å²) in [5.74, 6) is 0.323. The van der Waals surface area contributed by atoms with E-state index in [1.807, 2.05) is 13.8 Å². The van der Waals surface area contributed by atoms with Crippen LogP contribution in [0.5, 0.6) is 0 Å². The highest BCUT2D eigenvalue weighted by Gasteiger charge is 2.31. The van der Waals surface area contributed by atoms with Crippen molar-refractivity contribution in [1.29, 1.82) is 0 Å². The summed E-state index contributed by atoms with van der Waals surface area (Å²) >= 11 is 0. The maximum Gasteiger partial charge on any atom is 0.222 e. The molecule has 1 saturated heterocycles. The Hall–Kier alpha value is -0.860. The van der Waals surface area contributed by atoms with E-state index in [0.717, 1.165) is 19.4 Å². The molecule has 0 aromatic heterocycles. The molecular weight excluding hydrogens is 166 g/mol. The Kier molecular flexibility index (Phi) is 3.46. The Morgan fingerprint density at radius 3 is 2.54 bits per heavy atom. The second-order valence-corrected chi connectivity index (χ2v) is 3.42. The zero-order valence-electron chi connectivity index (χ0n) is 8.38. The van der Waals surface area contributed by atoms with Crippen molar-refractivity contribution in [2.24, 2.45) is 0 Å². The van der Waals surface area contributed by atoms with E-state index in [9.17, 15) is 9.59 Å². The third-order valence-corrected chi connectivity index (χ3v) is 2.60. The van der Waals surface area contributed by atoms with Crippen LogP contribution in [0.3, 0.4) is 0 Å². The highest BCUT2D eigenvalue weighted by Crippen LogP contribution is 2.19. The molecule has 1 atom stereocenters. The molecule has 1 unspecified atom stereocenters. The number of amides is 1. The highest BCUT2D eigenvalue weighted by molar-refractivity contribution is 5.89. The Morgan fingerprint density at radius 1 is 1.31 bits per heavy atom. The van der Waals surface area contributed by atoms with Crippen LogP contribution in [-0.2, 0) is 9.59 Å². The zero-order valence-corrected chi connectivity index (χ0v) is 8.38. The lowest BCUT2D eigenvalue weighted by atomic mass is 10.1. The van der Waals surface area contributed by atoms with Crippen molar-refractivity contribution in [3.63, 3.8) is 0 Å². The number of rotatable bonds is 3. The van der Waals surface area contributed by atoms with Gasteiger partial charge in [0.2, 0.25) is 5.91 Å². The van der Waals surface area contributed by atoms with Crippen LogP contribution in [0.2, 0.25) is 0 Å². The van der Waals surface area contributed by atoms with Crippen LogP contribution in [0.1, 0.15) is 39.5 Å². The molecule has 1 rings (SSSR count). The monoisotopic (exact) mass is 183 g/mol. The molecule has 1 aliphatic heterocycles. The lowest BCUT2D eigenvalue weighted by Gasteiger charge is -2.22. The van der Waals surface area contributed by atoms with Crippen molar-refractivity contribution in [3.8, 4) is 0 Å². The smallest absolute Gasteiger partial charge is 0.222 e. The molecule has 3 nitrogen and oxygen atoms in total. The van der Waals surface area contributed by atoms with Crippen molar-refractivity contribution in [2.75, 3.05) is 6.54 Å². The first kappa shape index (κ1) is 10.2. The number of hydrogen-bond acceptors (Lipinski definition) is 2. The molecule has 3 heteroatoms. The van der Waals surface area contributed by atoms with E-state index < -0.39 is 0 Å². The number of nitrogens with zero attached hydrogens (tertiary/aromatic N) is 1. The fourth-order valence-corrected chi connectivity index (χ4v) is 1.84. The summed E-state index contributed by atoms with van der Waals surface area (Å²) in [5, 5.41) is 0. The van der Waals surface area contributed by atoms with Crippen molar-refractivity contribution < 1.29 is 9.59 Å². The van der Waals surface area contributed by atoms with Gasteiger partial charge >= 0.3 is 0 Å². The number of Topliss-reactive ketones (excluding diaryl/α,β-unsaturated/α-hetero) is 1. The van der Waals surface area contributed by atoms with Gasteiger partial charge in [-0.25, -0.2) is 0 Å². The first-order valence-electron chi connectivity index (χ1n) is 5.02. The fraction of sp³-hybridized carbons (Fsp3) is 0.800. The fourth-order valence-electron chi connectivity index (χ4n) is 1.84. The average molecular weight is 183 g/mol. The third kappa shape index (κ3) is 2.08. The molecule has 0 aromatic rings. The second kappa shape index (κ2) is 4.40. The van der Waals surface area contributed by atoms with E-state index in [2.05, 4.69) is 0 Å². The zero-order chi connectivity index (χ0) is 9.84. The molecule has 1 heterocycles. The largest absolute Gasteiger partial charge is 0.333 e. The summed E-state index contributed by atoms with van der Waals surface area (Å²) < 4.78 is 0. The number of carbonyl (C=O) groups excluding carboxylic acids is 2. The molecule has 0 radical (unpaired) electrons. The maximum absolute atomic E-state index is 11.5. The van der Waals surface area contributed by atoms with E-state index in [4.69, 9.17) is 0 Å². The van der Waals surface area contributed by atoms with Crippen molar-refractivity contribution in [2.45, 2.75) is 45.6 Å². The van der Waals surface area contributed by atoms with Gasteiger partial charge in [0.25, 0.3) is 0 Å². The molecule has 74 valence electrons. The van der Waals surface area contributed by atoms with Crippen LogP contribution in [0.4, 0.5) is 0 Å². The molecule has 13 heavy (non-hydrogen) atoms. The number of ketones is 1.